The van der Waals surface area contributed by atoms with Crippen LogP contribution >= 0.6 is 0 Å². The van der Waals surface area contributed by atoms with Gasteiger partial charge < -0.3 is 26.2 Å². The summed E-state index contributed by atoms with van der Waals surface area (Å²) >= 11 is 0. The number of amides is 1. The van der Waals surface area contributed by atoms with Crippen LogP contribution < -0.4 is 16.4 Å². The molecule has 5 rings (SSSR count). The molecule has 1 amide bonds. The van der Waals surface area contributed by atoms with Crippen LogP contribution in [-0.2, 0) is 4.74 Å². The van der Waals surface area contributed by atoms with Gasteiger partial charge in [0.15, 0.2) is 0 Å². The van der Waals surface area contributed by atoms with Gasteiger partial charge in [0.1, 0.15) is 17.4 Å². The molecule has 0 aliphatic heterocycles. The van der Waals surface area contributed by atoms with Gasteiger partial charge in [-0.15, -0.1) is 0 Å². The monoisotopic (exact) mass is 523 g/mol. The van der Waals surface area contributed by atoms with Gasteiger partial charge in [0.2, 0.25) is 5.95 Å². The number of phenols is 1. The Balaban J connectivity index is 1.44. The Kier molecular flexibility index (Phi) is 6.81. The highest BCUT2D eigenvalue weighted by molar-refractivity contribution is 5.68. The molecular weight excluding hydrogens is 496 g/mol. The molecule has 1 aromatic carbocycles. The number of phenolic OH excluding ortho intramolecular Hbond substituents is 1. The fraction of sp³-hybridized carbons (Fsp3) is 0.308. The number of fused-ring (bicyclic) bond motifs is 1. The average Bonchev–Trinajstić information content (AvgIpc) is 3.27. The van der Waals surface area contributed by atoms with Crippen LogP contribution in [-0.4, -0.2) is 50.0 Å². The van der Waals surface area contributed by atoms with Crippen molar-refractivity contribution in [2.45, 2.75) is 37.8 Å². The van der Waals surface area contributed by atoms with Gasteiger partial charge in [0.05, 0.1) is 42.0 Å². The highest BCUT2D eigenvalue weighted by atomic mass is 19.1. The van der Waals surface area contributed by atoms with E-state index < -0.39 is 23.5 Å². The summed E-state index contributed by atoms with van der Waals surface area (Å²) in [5.74, 6) is -1.87. The number of carbonyl (C=O) groups is 1. The van der Waals surface area contributed by atoms with Crippen LogP contribution in [0.5, 0.6) is 5.75 Å². The molecule has 4 unspecified atom stereocenters. The van der Waals surface area contributed by atoms with Gasteiger partial charge in [-0.05, 0) is 48.4 Å². The first-order valence-corrected chi connectivity index (χ1v) is 12.1. The van der Waals surface area contributed by atoms with Gasteiger partial charge >= 0.3 is 6.09 Å². The number of nitrogens with zero attached hydrogens (tertiary/aromatic N) is 4. The lowest BCUT2D eigenvalue weighted by Crippen LogP contribution is -2.54. The number of methoxy groups -OCH3 is 1. The van der Waals surface area contributed by atoms with E-state index in [0.29, 0.717) is 23.6 Å². The number of benzene rings is 1. The number of pyridine rings is 1. The standard InChI is InChI=1S/C26H27F2N7O3/c1-13-7-14(8-20(29)24(13)33-26(37)38-2)17-5-6-30-12-22(17)32-25-31-11-15-3-4-21(34-35(15)25)23-18(27)9-16(36)10-19(23)28/h3-6,9-14,20,24,36H,7-8,29H2,1-2H3,(H,31,32)(H,33,37). The molecule has 3 heterocycles. The van der Waals surface area contributed by atoms with Crippen molar-refractivity contribution in [2.75, 3.05) is 12.4 Å². The van der Waals surface area contributed by atoms with E-state index in [-0.39, 0.29) is 35.2 Å². The highest BCUT2D eigenvalue weighted by Crippen LogP contribution is 2.39. The van der Waals surface area contributed by atoms with Crippen LogP contribution in [0.25, 0.3) is 16.8 Å². The number of aromatic hydroxyl groups is 1. The quantitative estimate of drug-likeness (QED) is 0.307. The number of halogens is 2. The van der Waals surface area contributed by atoms with Crippen LogP contribution in [0.4, 0.5) is 25.2 Å². The van der Waals surface area contributed by atoms with Crippen molar-refractivity contribution in [2.24, 2.45) is 11.7 Å². The molecule has 0 spiro atoms. The second-order valence-corrected chi connectivity index (χ2v) is 9.48. The first-order valence-electron chi connectivity index (χ1n) is 12.1. The Labute approximate surface area is 216 Å². The number of rotatable bonds is 5. The average molecular weight is 524 g/mol. The third-order valence-corrected chi connectivity index (χ3v) is 6.97. The zero-order valence-electron chi connectivity index (χ0n) is 20.7. The summed E-state index contributed by atoms with van der Waals surface area (Å²) in [4.78, 5) is 20.4. The number of hydrogen-bond donors (Lipinski definition) is 4. The van der Waals surface area contributed by atoms with Crippen LogP contribution in [0, 0.1) is 17.6 Å². The SMILES string of the molecule is COC(=O)NC1C(C)CC(c2ccncc2Nc2ncc3ccc(-c4c(F)cc(O)cc4F)nn23)CC1N. The van der Waals surface area contributed by atoms with E-state index in [0.717, 1.165) is 24.1 Å². The van der Waals surface area contributed by atoms with E-state index in [4.69, 9.17) is 10.5 Å². The lowest BCUT2D eigenvalue weighted by Gasteiger charge is -2.39. The summed E-state index contributed by atoms with van der Waals surface area (Å²) < 4.78 is 35.1. The number of nitrogens with two attached hydrogens (primary N) is 1. The molecule has 38 heavy (non-hydrogen) atoms. The van der Waals surface area contributed by atoms with Gasteiger partial charge in [-0.1, -0.05) is 6.92 Å². The third-order valence-electron chi connectivity index (χ3n) is 6.97. The van der Waals surface area contributed by atoms with Crippen LogP contribution in [0.3, 0.4) is 0 Å². The first-order chi connectivity index (χ1) is 18.2. The summed E-state index contributed by atoms with van der Waals surface area (Å²) in [6, 6.07) is 6.22. The predicted molar refractivity (Wildman–Crippen MR) is 136 cm³/mol. The molecule has 1 fully saturated rings. The van der Waals surface area contributed by atoms with Crippen molar-refractivity contribution in [3.63, 3.8) is 0 Å². The van der Waals surface area contributed by atoms with Crippen LogP contribution in [0.2, 0.25) is 0 Å². The van der Waals surface area contributed by atoms with Crippen LogP contribution in [0.15, 0.2) is 48.9 Å². The van der Waals surface area contributed by atoms with Crippen molar-refractivity contribution in [3.8, 4) is 17.0 Å². The predicted octanol–water partition coefficient (Wildman–Crippen LogP) is 4.08. The lowest BCUT2D eigenvalue weighted by molar-refractivity contribution is 0.149. The minimum atomic E-state index is -0.929. The van der Waals surface area contributed by atoms with E-state index in [1.165, 1.54) is 17.7 Å². The maximum absolute atomic E-state index is 14.5. The minimum Gasteiger partial charge on any atom is -0.508 e. The second-order valence-electron chi connectivity index (χ2n) is 9.48. The molecule has 0 saturated heterocycles. The third kappa shape index (κ3) is 4.82. The molecule has 12 heteroatoms. The zero-order valence-corrected chi connectivity index (χ0v) is 20.7. The number of imidazole rings is 1. The maximum atomic E-state index is 14.5. The minimum absolute atomic E-state index is 0.0381. The normalized spacial score (nSPS) is 21.3. The Morgan fingerprint density at radius 1 is 1.18 bits per heavy atom. The topological polar surface area (TPSA) is 140 Å². The smallest absolute Gasteiger partial charge is 0.407 e. The van der Waals surface area contributed by atoms with E-state index in [1.54, 1.807) is 24.7 Å². The van der Waals surface area contributed by atoms with Crippen molar-refractivity contribution in [3.05, 3.63) is 66.1 Å². The molecule has 3 aromatic heterocycles. The Morgan fingerprint density at radius 2 is 1.95 bits per heavy atom. The maximum Gasteiger partial charge on any atom is 0.407 e. The van der Waals surface area contributed by atoms with Gasteiger partial charge in [-0.25, -0.2) is 18.6 Å². The molecule has 10 nitrogen and oxygen atoms in total. The largest absolute Gasteiger partial charge is 0.508 e. The van der Waals surface area contributed by atoms with Crippen molar-refractivity contribution in [1.82, 2.24) is 24.9 Å². The molecular formula is C26H27F2N7O3. The van der Waals surface area contributed by atoms with E-state index in [1.807, 2.05) is 13.0 Å². The fourth-order valence-electron chi connectivity index (χ4n) is 5.18. The van der Waals surface area contributed by atoms with Gasteiger partial charge in [-0.2, -0.15) is 9.61 Å². The number of ether oxygens (including phenoxy) is 1. The number of nitrogens with one attached hydrogen (secondary N) is 2. The summed E-state index contributed by atoms with van der Waals surface area (Å²) in [5.41, 5.74) is 8.41. The van der Waals surface area contributed by atoms with Gasteiger partial charge in [0.25, 0.3) is 0 Å². The van der Waals surface area contributed by atoms with Crippen molar-refractivity contribution >= 4 is 23.2 Å². The zero-order chi connectivity index (χ0) is 27.0. The molecule has 198 valence electrons. The second kappa shape index (κ2) is 10.2. The summed E-state index contributed by atoms with van der Waals surface area (Å²) in [6.07, 6.45) is 5.85. The molecule has 1 aliphatic carbocycles. The Bertz CT molecular complexity index is 1460. The van der Waals surface area contributed by atoms with Crippen molar-refractivity contribution in [1.29, 1.82) is 0 Å². The molecule has 4 atom stereocenters. The molecule has 1 saturated carbocycles. The first kappa shape index (κ1) is 25.3. The Morgan fingerprint density at radius 3 is 2.66 bits per heavy atom. The summed E-state index contributed by atoms with van der Waals surface area (Å²) in [7, 11) is 1.32. The Hall–Kier alpha value is -4.32. The fourth-order valence-corrected chi connectivity index (χ4v) is 5.18. The van der Waals surface area contributed by atoms with Crippen molar-refractivity contribution < 1.29 is 23.4 Å². The number of hydrogen-bond acceptors (Lipinski definition) is 8. The number of carbonyl (C=O) groups excluding carboxylic acids is 1. The summed E-state index contributed by atoms with van der Waals surface area (Å²) in [5, 5.41) is 20.0. The molecule has 0 radical (unpaired) electrons. The number of aromatic nitrogens is 4. The molecule has 0 bridgehead atoms. The van der Waals surface area contributed by atoms with Crippen LogP contribution in [0.1, 0.15) is 31.2 Å². The number of anilines is 2. The number of alkyl carbamates (subject to hydrolysis) is 1. The molecule has 4 aromatic rings. The highest BCUT2D eigenvalue weighted by Gasteiger charge is 2.36. The summed E-state index contributed by atoms with van der Waals surface area (Å²) in [6.45, 7) is 2.04. The van der Waals surface area contributed by atoms with Gasteiger partial charge in [0, 0.05) is 30.4 Å². The molecule has 1 aliphatic rings. The van der Waals surface area contributed by atoms with E-state index in [2.05, 4.69) is 25.7 Å². The van der Waals surface area contributed by atoms with E-state index >= 15 is 0 Å². The molecule has 5 N–H and O–H groups in total. The van der Waals surface area contributed by atoms with Gasteiger partial charge in [-0.3, -0.25) is 4.98 Å². The lowest BCUT2D eigenvalue weighted by atomic mass is 9.73. The van der Waals surface area contributed by atoms with E-state index in [9.17, 15) is 18.7 Å².